The van der Waals surface area contributed by atoms with Crippen molar-refractivity contribution in [2.24, 2.45) is 5.92 Å². The molecule has 1 aromatic rings. The summed E-state index contributed by atoms with van der Waals surface area (Å²) in [6.45, 7) is 6.57. The molecule has 2 rings (SSSR count). The van der Waals surface area contributed by atoms with Gasteiger partial charge in [-0.15, -0.1) is 0 Å². The van der Waals surface area contributed by atoms with Crippen LogP contribution in [0.2, 0.25) is 0 Å². The predicted molar refractivity (Wildman–Crippen MR) is 66.6 cm³/mol. The van der Waals surface area contributed by atoms with Gasteiger partial charge in [0.25, 0.3) is 0 Å². The number of nitrogens with zero attached hydrogens (tertiary/aromatic N) is 2. The molecule has 0 amide bonds. The normalized spacial score (nSPS) is 26.6. The summed E-state index contributed by atoms with van der Waals surface area (Å²) in [7, 11) is 0. The molecule has 1 fully saturated rings. The van der Waals surface area contributed by atoms with Gasteiger partial charge in [0.05, 0.1) is 12.1 Å². The van der Waals surface area contributed by atoms with E-state index in [9.17, 15) is 13.2 Å². The van der Waals surface area contributed by atoms with Crippen LogP contribution in [0.5, 0.6) is 0 Å². The van der Waals surface area contributed by atoms with Crippen LogP contribution in [0.25, 0.3) is 0 Å². The number of piperidine rings is 1. The Morgan fingerprint density at radius 1 is 1.32 bits per heavy atom. The largest absolute Gasteiger partial charge is 0.391 e. The lowest BCUT2D eigenvalue weighted by Gasteiger charge is -2.46. The second-order valence-corrected chi connectivity index (χ2v) is 6.17. The molecular weight excluding hydrogens is 255 g/mol. The molecule has 3 nitrogen and oxygen atoms in total. The van der Waals surface area contributed by atoms with E-state index in [0.717, 1.165) is 5.56 Å². The summed E-state index contributed by atoms with van der Waals surface area (Å²) >= 11 is 0. The molecule has 1 saturated heterocycles. The van der Waals surface area contributed by atoms with E-state index < -0.39 is 12.1 Å². The minimum Gasteiger partial charge on any atom is -0.291 e. The van der Waals surface area contributed by atoms with Crippen molar-refractivity contribution in [2.75, 3.05) is 6.54 Å². The fraction of sp³-hybridized carbons (Fsp3) is 0.769. The molecular formula is C13H20F3N3. The van der Waals surface area contributed by atoms with Crippen LogP contribution in [-0.4, -0.2) is 33.4 Å². The number of aromatic amines is 1. The molecule has 2 atom stereocenters. The van der Waals surface area contributed by atoms with E-state index >= 15 is 0 Å². The van der Waals surface area contributed by atoms with Crippen LogP contribution in [0, 0.1) is 5.92 Å². The number of alkyl halides is 3. The zero-order chi connectivity index (χ0) is 14.3. The standard InChI is InChI=1S/C13H20F3N3/c1-12(2,3)19-5-4-10(13(14,15)16)6-11(19)9-7-17-18-8-9/h7-8,10-11H,4-6H2,1-3H3,(H,17,18)/t10-,11+/m1/s1. The summed E-state index contributed by atoms with van der Waals surface area (Å²) in [5, 5.41) is 6.56. The summed E-state index contributed by atoms with van der Waals surface area (Å²) in [6, 6.07) is -0.223. The van der Waals surface area contributed by atoms with Gasteiger partial charge in [0, 0.05) is 23.3 Å². The topological polar surface area (TPSA) is 31.9 Å². The summed E-state index contributed by atoms with van der Waals surface area (Å²) < 4.78 is 38.8. The molecule has 0 unspecified atom stereocenters. The fourth-order valence-electron chi connectivity index (χ4n) is 2.82. The summed E-state index contributed by atoms with van der Waals surface area (Å²) in [4.78, 5) is 2.14. The van der Waals surface area contributed by atoms with Crippen LogP contribution in [0.1, 0.15) is 45.2 Å². The Kier molecular flexibility index (Phi) is 3.64. The summed E-state index contributed by atoms with van der Waals surface area (Å²) in [6.07, 6.45) is -0.494. The van der Waals surface area contributed by atoms with Crippen molar-refractivity contribution in [3.8, 4) is 0 Å². The number of aromatic nitrogens is 2. The predicted octanol–water partition coefficient (Wildman–Crippen LogP) is 3.52. The summed E-state index contributed by atoms with van der Waals surface area (Å²) in [5.74, 6) is -1.22. The van der Waals surface area contributed by atoms with Crippen molar-refractivity contribution in [2.45, 2.75) is 51.4 Å². The molecule has 0 bridgehead atoms. The van der Waals surface area contributed by atoms with Gasteiger partial charge in [-0.05, 0) is 40.2 Å². The highest BCUT2D eigenvalue weighted by molar-refractivity contribution is 5.13. The molecule has 0 radical (unpaired) electrons. The second-order valence-electron chi connectivity index (χ2n) is 6.17. The quantitative estimate of drug-likeness (QED) is 0.850. The Morgan fingerprint density at radius 2 is 2.00 bits per heavy atom. The van der Waals surface area contributed by atoms with Crippen molar-refractivity contribution >= 4 is 0 Å². The van der Waals surface area contributed by atoms with Crippen molar-refractivity contribution in [1.29, 1.82) is 0 Å². The average Bonchev–Trinajstić information content (AvgIpc) is 2.79. The van der Waals surface area contributed by atoms with E-state index in [1.807, 2.05) is 20.8 Å². The highest BCUT2D eigenvalue weighted by Crippen LogP contribution is 2.44. The van der Waals surface area contributed by atoms with Gasteiger partial charge in [-0.1, -0.05) is 0 Å². The van der Waals surface area contributed by atoms with Crippen LogP contribution in [0.3, 0.4) is 0 Å². The van der Waals surface area contributed by atoms with E-state index in [-0.39, 0.29) is 24.4 Å². The third-order valence-corrected chi connectivity index (χ3v) is 3.83. The first kappa shape index (κ1) is 14.4. The van der Waals surface area contributed by atoms with Crippen LogP contribution in [-0.2, 0) is 0 Å². The molecule has 6 heteroatoms. The van der Waals surface area contributed by atoms with Crippen molar-refractivity contribution in [1.82, 2.24) is 15.1 Å². The number of hydrogen-bond donors (Lipinski definition) is 1. The van der Waals surface area contributed by atoms with Gasteiger partial charge in [0.2, 0.25) is 0 Å². The number of nitrogens with one attached hydrogen (secondary N) is 1. The molecule has 19 heavy (non-hydrogen) atoms. The first-order valence-corrected chi connectivity index (χ1v) is 6.51. The van der Waals surface area contributed by atoms with Gasteiger partial charge in [0.1, 0.15) is 0 Å². The molecule has 1 N–H and O–H groups in total. The van der Waals surface area contributed by atoms with E-state index in [0.29, 0.717) is 6.54 Å². The minimum absolute atomic E-state index is 0.111. The number of hydrogen-bond acceptors (Lipinski definition) is 2. The van der Waals surface area contributed by atoms with Crippen LogP contribution in [0.4, 0.5) is 13.2 Å². The lowest BCUT2D eigenvalue weighted by atomic mass is 9.84. The monoisotopic (exact) mass is 275 g/mol. The zero-order valence-corrected chi connectivity index (χ0v) is 11.5. The Labute approximate surface area is 111 Å². The lowest BCUT2D eigenvalue weighted by molar-refractivity contribution is -0.193. The fourth-order valence-corrected chi connectivity index (χ4v) is 2.82. The molecule has 1 aliphatic rings. The van der Waals surface area contributed by atoms with Gasteiger partial charge < -0.3 is 0 Å². The average molecular weight is 275 g/mol. The lowest BCUT2D eigenvalue weighted by Crippen LogP contribution is -2.49. The van der Waals surface area contributed by atoms with Crippen LogP contribution < -0.4 is 0 Å². The van der Waals surface area contributed by atoms with Crippen molar-refractivity contribution < 1.29 is 13.2 Å². The Balaban J connectivity index is 2.25. The van der Waals surface area contributed by atoms with E-state index in [4.69, 9.17) is 0 Å². The zero-order valence-electron chi connectivity index (χ0n) is 11.5. The number of H-pyrrole nitrogens is 1. The van der Waals surface area contributed by atoms with Gasteiger partial charge in [0.15, 0.2) is 0 Å². The van der Waals surface area contributed by atoms with Crippen LogP contribution >= 0.6 is 0 Å². The maximum atomic E-state index is 12.9. The third kappa shape index (κ3) is 3.11. The Bertz CT molecular complexity index is 406. The molecule has 0 spiro atoms. The minimum atomic E-state index is -4.11. The van der Waals surface area contributed by atoms with Gasteiger partial charge in [-0.25, -0.2) is 0 Å². The molecule has 108 valence electrons. The maximum absolute atomic E-state index is 12.9. The molecule has 1 aliphatic heterocycles. The highest BCUT2D eigenvalue weighted by Gasteiger charge is 2.46. The Morgan fingerprint density at radius 3 is 2.47 bits per heavy atom. The SMILES string of the molecule is CC(C)(C)N1CC[C@@H](C(F)(F)F)C[C@H]1c1cn[nH]c1. The maximum Gasteiger partial charge on any atom is 0.391 e. The molecule has 0 saturated carbocycles. The third-order valence-electron chi connectivity index (χ3n) is 3.83. The van der Waals surface area contributed by atoms with Crippen molar-refractivity contribution in [3.05, 3.63) is 18.0 Å². The smallest absolute Gasteiger partial charge is 0.291 e. The van der Waals surface area contributed by atoms with Gasteiger partial charge >= 0.3 is 6.18 Å². The van der Waals surface area contributed by atoms with Crippen LogP contribution in [0.15, 0.2) is 12.4 Å². The van der Waals surface area contributed by atoms with E-state index in [1.165, 1.54) is 0 Å². The van der Waals surface area contributed by atoms with Gasteiger partial charge in [-0.2, -0.15) is 18.3 Å². The number of rotatable bonds is 1. The van der Waals surface area contributed by atoms with Crippen molar-refractivity contribution in [3.63, 3.8) is 0 Å². The van der Waals surface area contributed by atoms with Gasteiger partial charge in [-0.3, -0.25) is 10.00 Å². The number of halogens is 3. The number of likely N-dealkylation sites (tertiary alicyclic amines) is 1. The molecule has 2 heterocycles. The summed E-state index contributed by atoms with van der Waals surface area (Å²) in [5.41, 5.74) is 0.683. The first-order chi connectivity index (χ1) is 8.69. The molecule has 0 aromatic carbocycles. The molecule has 1 aromatic heterocycles. The Hall–Kier alpha value is -1.04. The highest BCUT2D eigenvalue weighted by atomic mass is 19.4. The van der Waals surface area contributed by atoms with E-state index in [2.05, 4.69) is 15.1 Å². The second kappa shape index (κ2) is 4.81. The first-order valence-electron chi connectivity index (χ1n) is 6.51. The van der Waals surface area contributed by atoms with E-state index in [1.54, 1.807) is 12.4 Å². The molecule has 0 aliphatic carbocycles.